The molecular weight excluding hydrogens is 482 g/mol. The lowest BCUT2D eigenvalue weighted by Crippen LogP contribution is -2.28. The van der Waals surface area contributed by atoms with Crippen LogP contribution in [0, 0.1) is 13.8 Å². The van der Waals surface area contributed by atoms with Crippen LogP contribution in [0.25, 0.3) is 5.76 Å². The Kier molecular flexibility index (Phi) is 6.93. The molecule has 1 fully saturated rings. The van der Waals surface area contributed by atoms with E-state index in [-0.39, 0.29) is 11.3 Å². The number of nitrogens with zero attached hydrogens (tertiary/aromatic N) is 1. The Morgan fingerprint density at radius 1 is 0.946 bits per heavy atom. The first-order chi connectivity index (χ1) is 17.9. The Morgan fingerprint density at radius 3 is 2.46 bits per heavy atom. The normalized spacial score (nSPS) is 16.8. The molecule has 1 unspecified atom stereocenters. The summed E-state index contributed by atoms with van der Waals surface area (Å²) in [6, 6.07) is 26.1. The van der Waals surface area contributed by atoms with Crippen LogP contribution in [0.4, 0.5) is 0 Å². The number of hydrogen-bond donors (Lipinski definition) is 1. The molecule has 5 nitrogen and oxygen atoms in total. The van der Waals surface area contributed by atoms with Gasteiger partial charge < -0.3 is 14.7 Å². The molecule has 2 heterocycles. The van der Waals surface area contributed by atoms with Crippen molar-refractivity contribution in [1.82, 2.24) is 4.90 Å². The summed E-state index contributed by atoms with van der Waals surface area (Å²) < 4.78 is 5.97. The fourth-order valence-electron chi connectivity index (χ4n) is 4.65. The second-order valence-corrected chi connectivity index (χ2v) is 10.2. The SMILES string of the molecule is Cc1cccc(C2/C(=C(/O)c3ccc(OCc4ccccc4)c(C)c3)C(=O)C(=O)N2Cc2cccs2)c1. The molecule has 0 radical (unpaired) electrons. The molecule has 1 saturated heterocycles. The maximum Gasteiger partial charge on any atom is 0.295 e. The summed E-state index contributed by atoms with van der Waals surface area (Å²) in [6.07, 6.45) is 0. The first kappa shape index (κ1) is 24.5. The van der Waals surface area contributed by atoms with Crippen LogP contribution in [0.3, 0.4) is 0 Å². The number of aliphatic hydroxyl groups excluding tert-OH is 1. The lowest BCUT2D eigenvalue weighted by Gasteiger charge is -2.25. The van der Waals surface area contributed by atoms with Crippen LogP contribution in [-0.2, 0) is 22.7 Å². The summed E-state index contributed by atoms with van der Waals surface area (Å²) in [5.74, 6) is -0.784. The summed E-state index contributed by atoms with van der Waals surface area (Å²) in [5.41, 5.74) is 4.24. The number of carbonyl (C=O) groups excluding carboxylic acids is 2. The maximum absolute atomic E-state index is 13.3. The Labute approximate surface area is 220 Å². The number of amides is 1. The third-order valence-corrected chi connectivity index (χ3v) is 7.35. The second kappa shape index (κ2) is 10.4. The molecule has 0 aliphatic carbocycles. The van der Waals surface area contributed by atoms with Crippen molar-refractivity contribution in [3.05, 3.63) is 129 Å². The fourth-order valence-corrected chi connectivity index (χ4v) is 5.35. The van der Waals surface area contributed by atoms with Gasteiger partial charge in [0.25, 0.3) is 11.7 Å². The van der Waals surface area contributed by atoms with Gasteiger partial charge in [-0.25, -0.2) is 0 Å². The molecule has 1 N–H and O–H groups in total. The molecule has 1 aromatic heterocycles. The molecule has 0 spiro atoms. The van der Waals surface area contributed by atoms with E-state index in [4.69, 9.17) is 4.74 Å². The number of ether oxygens (including phenoxy) is 1. The van der Waals surface area contributed by atoms with Gasteiger partial charge in [-0.3, -0.25) is 9.59 Å². The molecule has 4 aromatic rings. The van der Waals surface area contributed by atoms with Crippen LogP contribution < -0.4 is 4.74 Å². The number of ketones is 1. The zero-order valence-electron chi connectivity index (χ0n) is 20.7. The Hall–Kier alpha value is -4.16. The molecule has 5 rings (SSSR count). The maximum atomic E-state index is 13.3. The van der Waals surface area contributed by atoms with E-state index in [1.54, 1.807) is 23.1 Å². The Bertz CT molecular complexity index is 1470. The van der Waals surface area contributed by atoms with Crippen molar-refractivity contribution in [2.24, 2.45) is 0 Å². The minimum atomic E-state index is -0.684. The van der Waals surface area contributed by atoms with Crippen molar-refractivity contribution in [3.63, 3.8) is 0 Å². The van der Waals surface area contributed by atoms with Crippen LogP contribution in [-0.4, -0.2) is 21.7 Å². The number of aliphatic hydroxyl groups is 1. The van der Waals surface area contributed by atoms with Crippen molar-refractivity contribution < 1.29 is 19.4 Å². The standard InChI is InChI=1S/C31H27NO4S/c1-20-8-6-11-23(16-20)28-27(30(34)31(35)32(28)18-25-12-7-15-37-25)29(33)24-13-14-26(21(2)17-24)36-19-22-9-4-3-5-10-22/h3-17,28,33H,18-19H2,1-2H3/b29-27-. The van der Waals surface area contributed by atoms with Gasteiger partial charge in [0, 0.05) is 10.4 Å². The molecule has 1 atom stereocenters. The van der Waals surface area contributed by atoms with E-state index in [0.29, 0.717) is 24.5 Å². The minimum Gasteiger partial charge on any atom is -0.507 e. The third-order valence-electron chi connectivity index (χ3n) is 6.49. The largest absolute Gasteiger partial charge is 0.507 e. The molecular formula is C31H27NO4S. The third kappa shape index (κ3) is 5.06. The number of aryl methyl sites for hydroxylation is 2. The van der Waals surface area contributed by atoms with Gasteiger partial charge in [-0.05, 0) is 60.2 Å². The molecule has 186 valence electrons. The fraction of sp³-hybridized carbons (Fsp3) is 0.161. The van der Waals surface area contributed by atoms with E-state index in [0.717, 1.165) is 27.1 Å². The molecule has 0 saturated carbocycles. The second-order valence-electron chi connectivity index (χ2n) is 9.18. The Morgan fingerprint density at radius 2 is 1.76 bits per heavy atom. The van der Waals surface area contributed by atoms with Crippen LogP contribution in [0.2, 0.25) is 0 Å². The summed E-state index contributed by atoms with van der Waals surface area (Å²) in [5, 5.41) is 13.4. The first-order valence-corrected chi connectivity index (χ1v) is 13.0. The summed E-state index contributed by atoms with van der Waals surface area (Å²) in [4.78, 5) is 29.0. The first-order valence-electron chi connectivity index (χ1n) is 12.1. The highest BCUT2D eigenvalue weighted by molar-refractivity contribution is 7.09. The number of likely N-dealkylation sites (tertiary alicyclic amines) is 1. The molecule has 6 heteroatoms. The predicted molar refractivity (Wildman–Crippen MR) is 145 cm³/mol. The molecule has 0 bridgehead atoms. The quantitative estimate of drug-likeness (QED) is 0.174. The summed E-state index contributed by atoms with van der Waals surface area (Å²) in [7, 11) is 0. The lowest BCUT2D eigenvalue weighted by atomic mass is 9.94. The number of carbonyl (C=O) groups is 2. The number of benzene rings is 3. The summed E-state index contributed by atoms with van der Waals surface area (Å²) in [6.45, 7) is 4.58. The van der Waals surface area contributed by atoms with Gasteiger partial charge in [-0.15, -0.1) is 11.3 Å². The molecule has 1 aliphatic heterocycles. The van der Waals surface area contributed by atoms with Crippen molar-refractivity contribution in [2.45, 2.75) is 33.0 Å². The number of hydrogen-bond acceptors (Lipinski definition) is 5. The van der Waals surface area contributed by atoms with Crippen LogP contribution in [0.15, 0.2) is 95.9 Å². The Balaban J connectivity index is 1.52. The van der Waals surface area contributed by atoms with E-state index in [1.807, 2.05) is 86.0 Å². The van der Waals surface area contributed by atoms with E-state index >= 15 is 0 Å². The van der Waals surface area contributed by atoms with Gasteiger partial charge in [-0.1, -0.05) is 66.2 Å². The van der Waals surface area contributed by atoms with Gasteiger partial charge in [0.1, 0.15) is 18.1 Å². The van der Waals surface area contributed by atoms with Crippen molar-refractivity contribution >= 4 is 28.8 Å². The molecule has 3 aromatic carbocycles. The van der Waals surface area contributed by atoms with Crippen molar-refractivity contribution in [1.29, 1.82) is 0 Å². The smallest absolute Gasteiger partial charge is 0.295 e. The average molecular weight is 510 g/mol. The zero-order valence-corrected chi connectivity index (χ0v) is 21.5. The highest BCUT2D eigenvalue weighted by atomic mass is 32.1. The number of Topliss-reactive ketones (excluding diaryl/α,β-unsaturated/α-hetero) is 1. The van der Waals surface area contributed by atoms with Crippen LogP contribution >= 0.6 is 11.3 Å². The predicted octanol–water partition coefficient (Wildman–Crippen LogP) is 6.57. The van der Waals surface area contributed by atoms with Crippen LogP contribution in [0.1, 0.15) is 38.7 Å². The van der Waals surface area contributed by atoms with Crippen molar-refractivity contribution in [2.75, 3.05) is 0 Å². The highest BCUT2D eigenvalue weighted by Crippen LogP contribution is 2.41. The molecule has 1 amide bonds. The minimum absolute atomic E-state index is 0.101. The van der Waals surface area contributed by atoms with Gasteiger partial charge in [0.05, 0.1) is 18.2 Å². The molecule has 1 aliphatic rings. The van der Waals surface area contributed by atoms with E-state index < -0.39 is 17.7 Å². The van der Waals surface area contributed by atoms with Gasteiger partial charge in [0.2, 0.25) is 0 Å². The van der Waals surface area contributed by atoms with E-state index in [2.05, 4.69) is 0 Å². The summed E-state index contributed by atoms with van der Waals surface area (Å²) >= 11 is 1.53. The van der Waals surface area contributed by atoms with Gasteiger partial charge in [0.15, 0.2) is 0 Å². The number of thiophene rings is 1. The van der Waals surface area contributed by atoms with E-state index in [9.17, 15) is 14.7 Å². The highest BCUT2D eigenvalue weighted by Gasteiger charge is 2.46. The van der Waals surface area contributed by atoms with Gasteiger partial charge >= 0.3 is 0 Å². The van der Waals surface area contributed by atoms with E-state index in [1.165, 1.54) is 11.3 Å². The molecule has 37 heavy (non-hydrogen) atoms. The van der Waals surface area contributed by atoms with Crippen LogP contribution in [0.5, 0.6) is 5.75 Å². The monoisotopic (exact) mass is 509 g/mol. The van der Waals surface area contributed by atoms with Crippen molar-refractivity contribution in [3.8, 4) is 5.75 Å². The average Bonchev–Trinajstić information content (AvgIpc) is 3.50. The lowest BCUT2D eigenvalue weighted by molar-refractivity contribution is -0.140. The number of rotatable bonds is 7. The topological polar surface area (TPSA) is 66.8 Å². The zero-order chi connectivity index (χ0) is 25.9. The van der Waals surface area contributed by atoms with Gasteiger partial charge in [-0.2, -0.15) is 0 Å².